The Balaban J connectivity index is 3.38. The van der Waals surface area contributed by atoms with E-state index in [-0.39, 0.29) is 11.2 Å². The fraction of sp³-hybridized carbons (Fsp3) is 0.400. The summed E-state index contributed by atoms with van der Waals surface area (Å²) in [5.74, 6) is 0.270. The average molecular weight is 308 g/mol. The van der Waals surface area contributed by atoms with Gasteiger partial charge >= 0.3 is 0 Å². The van der Waals surface area contributed by atoms with E-state index in [0.29, 0.717) is 0 Å². The molecule has 0 atom stereocenters. The van der Waals surface area contributed by atoms with E-state index in [9.17, 15) is 5.11 Å². The summed E-state index contributed by atoms with van der Waals surface area (Å²) in [5.41, 5.74) is 1.23. The lowest BCUT2D eigenvalue weighted by atomic mass is 9.87. The Hall–Kier alpha value is -0.0200. The lowest BCUT2D eigenvalue weighted by molar-refractivity contribution is 0.473. The zero-order valence-corrected chi connectivity index (χ0v) is 11.0. The maximum atomic E-state index is 9.32. The molecular weight excluding hydrogens is 296 g/mol. The normalized spacial score (nSPS) is 11.8. The number of benzene rings is 1. The summed E-state index contributed by atoms with van der Waals surface area (Å²) >= 11 is 6.89. The van der Waals surface area contributed by atoms with Gasteiger partial charge in [-0.1, -0.05) is 52.6 Å². The molecule has 0 spiro atoms. The van der Waals surface area contributed by atoms with Crippen molar-refractivity contribution in [1.29, 1.82) is 0 Å². The first kappa shape index (κ1) is 11.1. The van der Waals surface area contributed by atoms with Gasteiger partial charge in [0.05, 0.1) is 0 Å². The van der Waals surface area contributed by atoms with Crippen LogP contribution >= 0.6 is 31.9 Å². The summed E-state index contributed by atoms with van der Waals surface area (Å²) in [4.78, 5) is 0. The molecule has 1 rings (SSSR count). The number of hydrogen-bond acceptors (Lipinski definition) is 1. The molecule has 0 unspecified atom stereocenters. The Morgan fingerprint density at radius 3 is 1.77 bits per heavy atom. The first-order valence-electron chi connectivity index (χ1n) is 4.01. The lowest BCUT2D eigenvalue weighted by Crippen LogP contribution is -2.12. The van der Waals surface area contributed by atoms with Gasteiger partial charge in [0, 0.05) is 8.95 Å². The fourth-order valence-electron chi connectivity index (χ4n) is 1.28. The number of rotatable bonds is 0. The van der Waals surface area contributed by atoms with Crippen LogP contribution in [0.3, 0.4) is 0 Å². The van der Waals surface area contributed by atoms with Crippen LogP contribution < -0.4 is 0 Å². The molecule has 0 aromatic heterocycles. The first-order valence-corrected chi connectivity index (χ1v) is 5.59. The largest absolute Gasteiger partial charge is 0.508 e. The average Bonchev–Trinajstić information content (AvgIpc) is 1.78. The standard InChI is InChI=1S/C10H12Br2O/c1-10(2,3)9-7(11)4-6(13)5-8(9)12/h4-5,13H,1-3H3. The van der Waals surface area contributed by atoms with Gasteiger partial charge < -0.3 is 5.11 Å². The van der Waals surface area contributed by atoms with Crippen LogP contribution in [0.5, 0.6) is 5.75 Å². The van der Waals surface area contributed by atoms with Gasteiger partial charge in [-0.2, -0.15) is 0 Å². The Bertz CT molecular complexity index is 303. The molecule has 0 aliphatic rings. The minimum absolute atomic E-state index is 0.0609. The van der Waals surface area contributed by atoms with Crippen LogP contribution in [0, 0.1) is 0 Å². The van der Waals surface area contributed by atoms with Gasteiger partial charge in [-0.15, -0.1) is 0 Å². The molecular formula is C10H12Br2O. The van der Waals surface area contributed by atoms with Gasteiger partial charge in [-0.25, -0.2) is 0 Å². The molecule has 0 aliphatic carbocycles. The van der Waals surface area contributed by atoms with Crippen molar-refractivity contribution in [1.82, 2.24) is 0 Å². The molecule has 0 amide bonds. The second-order valence-corrected chi connectivity index (χ2v) is 5.74. The van der Waals surface area contributed by atoms with Crippen LogP contribution in [0.1, 0.15) is 26.3 Å². The second-order valence-electron chi connectivity index (χ2n) is 4.03. The van der Waals surface area contributed by atoms with Gasteiger partial charge in [0.1, 0.15) is 5.75 Å². The van der Waals surface area contributed by atoms with Crippen molar-refractivity contribution in [3.63, 3.8) is 0 Å². The van der Waals surface area contributed by atoms with Crippen molar-refractivity contribution in [2.24, 2.45) is 0 Å². The van der Waals surface area contributed by atoms with E-state index in [1.165, 1.54) is 5.56 Å². The lowest BCUT2D eigenvalue weighted by Gasteiger charge is -2.22. The van der Waals surface area contributed by atoms with E-state index in [4.69, 9.17) is 0 Å². The van der Waals surface area contributed by atoms with Crippen LogP contribution in [-0.2, 0) is 5.41 Å². The number of hydrogen-bond donors (Lipinski definition) is 1. The highest BCUT2D eigenvalue weighted by atomic mass is 79.9. The molecule has 0 saturated heterocycles. The second kappa shape index (κ2) is 3.62. The summed E-state index contributed by atoms with van der Waals surface area (Å²) in [5, 5.41) is 9.32. The SMILES string of the molecule is CC(C)(C)c1c(Br)cc(O)cc1Br. The highest BCUT2D eigenvalue weighted by Crippen LogP contribution is 2.38. The topological polar surface area (TPSA) is 20.2 Å². The molecule has 0 fully saturated rings. The van der Waals surface area contributed by atoms with Gasteiger partial charge in [0.25, 0.3) is 0 Å². The fourth-order valence-corrected chi connectivity index (χ4v) is 3.63. The van der Waals surface area contributed by atoms with Crippen LogP contribution in [0.25, 0.3) is 0 Å². The molecule has 1 nitrogen and oxygen atoms in total. The van der Waals surface area contributed by atoms with Crippen molar-refractivity contribution in [2.75, 3.05) is 0 Å². The van der Waals surface area contributed by atoms with E-state index >= 15 is 0 Å². The quantitative estimate of drug-likeness (QED) is 0.761. The van der Waals surface area contributed by atoms with Crippen LogP contribution in [0.15, 0.2) is 21.1 Å². The third-order valence-electron chi connectivity index (χ3n) is 1.78. The maximum Gasteiger partial charge on any atom is 0.117 e. The number of phenols is 1. The van der Waals surface area contributed by atoms with Gasteiger partial charge in [0.2, 0.25) is 0 Å². The number of phenolic OH excluding ortho intramolecular Hbond substituents is 1. The van der Waals surface area contributed by atoms with E-state index in [2.05, 4.69) is 52.6 Å². The zero-order valence-electron chi connectivity index (χ0n) is 7.86. The Morgan fingerprint density at radius 1 is 1.08 bits per heavy atom. The molecule has 0 radical (unpaired) electrons. The van der Waals surface area contributed by atoms with Crippen molar-refractivity contribution >= 4 is 31.9 Å². The van der Waals surface area contributed by atoms with Crippen molar-refractivity contribution < 1.29 is 5.11 Å². The highest BCUT2D eigenvalue weighted by molar-refractivity contribution is 9.11. The van der Waals surface area contributed by atoms with Crippen molar-refractivity contribution in [3.05, 3.63) is 26.6 Å². The molecule has 0 heterocycles. The van der Waals surface area contributed by atoms with E-state index < -0.39 is 0 Å². The summed E-state index contributed by atoms with van der Waals surface area (Å²) < 4.78 is 1.87. The van der Waals surface area contributed by atoms with E-state index in [1.54, 1.807) is 12.1 Å². The van der Waals surface area contributed by atoms with Gasteiger partial charge in [-0.3, -0.25) is 0 Å². The van der Waals surface area contributed by atoms with Crippen molar-refractivity contribution in [2.45, 2.75) is 26.2 Å². The molecule has 0 saturated carbocycles. The molecule has 72 valence electrons. The van der Waals surface area contributed by atoms with Crippen LogP contribution in [-0.4, -0.2) is 5.11 Å². The number of halogens is 2. The predicted octanol–water partition coefficient (Wildman–Crippen LogP) is 4.21. The molecule has 0 aliphatic heterocycles. The molecule has 3 heteroatoms. The number of aromatic hydroxyl groups is 1. The minimum atomic E-state index is 0.0609. The third kappa shape index (κ3) is 2.47. The van der Waals surface area contributed by atoms with Crippen LogP contribution in [0.4, 0.5) is 0 Å². The summed E-state index contributed by atoms with van der Waals surface area (Å²) in [6, 6.07) is 3.43. The summed E-state index contributed by atoms with van der Waals surface area (Å²) in [6.45, 7) is 6.40. The van der Waals surface area contributed by atoms with Crippen LogP contribution in [0.2, 0.25) is 0 Å². The van der Waals surface area contributed by atoms with Gasteiger partial charge in [0.15, 0.2) is 0 Å². The molecule has 1 N–H and O–H groups in total. The predicted molar refractivity (Wildman–Crippen MR) is 62.2 cm³/mol. The van der Waals surface area contributed by atoms with Crippen molar-refractivity contribution in [3.8, 4) is 5.75 Å². The van der Waals surface area contributed by atoms with E-state index in [1.807, 2.05) is 0 Å². The van der Waals surface area contributed by atoms with E-state index in [0.717, 1.165) is 8.95 Å². The highest BCUT2D eigenvalue weighted by Gasteiger charge is 2.20. The summed E-state index contributed by atoms with van der Waals surface area (Å²) in [6.07, 6.45) is 0. The maximum absolute atomic E-state index is 9.32. The monoisotopic (exact) mass is 306 g/mol. The van der Waals surface area contributed by atoms with Gasteiger partial charge in [-0.05, 0) is 23.1 Å². The molecule has 0 bridgehead atoms. The molecule has 13 heavy (non-hydrogen) atoms. The Labute approximate surface area is 95.4 Å². The first-order chi connectivity index (χ1) is 5.82. The smallest absolute Gasteiger partial charge is 0.117 e. The minimum Gasteiger partial charge on any atom is -0.508 e. The third-order valence-corrected chi connectivity index (χ3v) is 3.03. The Morgan fingerprint density at radius 2 is 1.46 bits per heavy atom. The Kier molecular flexibility index (Phi) is 3.08. The molecule has 1 aromatic rings. The zero-order chi connectivity index (χ0) is 10.2. The summed E-state index contributed by atoms with van der Waals surface area (Å²) in [7, 11) is 0. The molecule has 1 aromatic carbocycles.